The molecule has 226 valence electrons. The number of methoxy groups -OCH3 is 1. The van der Waals surface area contributed by atoms with E-state index < -0.39 is 10.0 Å². The van der Waals surface area contributed by atoms with Crippen LogP contribution < -0.4 is 20.3 Å². The lowest BCUT2D eigenvalue weighted by atomic mass is 10.1. The molecule has 0 unspecified atom stereocenters. The van der Waals surface area contributed by atoms with E-state index in [2.05, 4.69) is 10.6 Å². The number of hydrogen-bond donors (Lipinski definition) is 2. The lowest BCUT2D eigenvalue weighted by Crippen LogP contribution is -2.56. The predicted molar refractivity (Wildman–Crippen MR) is 164 cm³/mol. The van der Waals surface area contributed by atoms with Crippen LogP contribution in [0.25, 0.3) is 10.8 Å². The maximum Gasteiger partial charge on any atom is 0.256 e. The van der Waals surface area contributed by atoms with Crippen molar-refractivity contribution in [1.29, 1.82) is 0 Å². The van der Waals surface area contributed by atoms with Gasteiger partial charge in [0.05, 0.1) is 32.1 Å². The number of anilines is 1. The summed E-state index contributed by atoms with van der Waals surface area (Å²) >= 11 is 0. The number of rotatable bonds is 12. The summed E-state index contributed by atoms with van der Waals surface area (Å²) in [6.07, 6.45) is 1.19. The number of nitrogens with one attached hydrogen (secondary N) is 2. The van der Waals surface area contributed by atoms with Crippen molar-refractivity contribution in [3.8, 4) is 5.75 Å². The topological polar surface area (TPSA) is 115 Å². The maximum atomic E-state index is 13.4. The fourth-order valence-electron chi connectivity index (χ4n) is 4.37. The number of nitrogens with zero attached hydrogens (tertiary/aromatic N) is 4. The molecule has 2 amide bonds. The molecule has 2 aromatic carbocycles. The fraction of sp³-hybridized carbons (Fsp3) is 0.538. The summed E-state index contributed by atoms with van der Waals surface area (Å²) in [5.74, 6) is 0.139. The van der Waals surface area contributed by atoms with Crippen molar-refractivity contribution in [3.63, 3.8) is 0 Å². The van der Waals surface area contributed by atoms with Gasteiger partial charge in [0.2, 0.25) is 15.9 Å². The lowest BCUT2D eigenvalue weighted by molar-refractivity contribution is -0.146. The Morgan fingerprint density at radius 2 is 1.60 bits per heavy atom. The Kier molecular flexibility index (Phi) is 14.4. The van der Waals surface area contributed by atoms with E-state index >= 15 is 0 Å². The Balaban J connectivity index is 0.00000400. The largest absolute Gasteiger partial charge is 0.495 e. The van der Waals surface area contributed by atoms with Crippen LogP contribution in [-0.2, 0) is 19.6 Å². The van der Waals surface area contributed by atoms with Crippen LogP contribution in [-0.4, -0.2) is 113 Å². The smallest absolute Gasteiger partial charge is 0.256 e. The zero-order valence-electron chi connectivity index (χ0n) is 23.8. The van der Waals surface area contributed by atoms with Gasteiger partial charge in [0.25, 0.3) is 5.91 Å². The van der Waals surface area contributed by atoms with Crippen LogP contribution in [0, 0.1) is 0 Å². The Morgan fingerprint density at radius 3 is 2.15 bits per heavy atom. The molecular weight excluding hydrogens is 579 g/mol. The Morgan fingerprint density at radius 1 is 1.00 bits per heavy atom. The molecule has 0 saturated carbocycles. The highest BCUT2D eigenvalue weighted by atomic mass is 35.5. The third kappa shape index (κ3) is 9.93. The number of sulfonamides is 1. The summed E-state index contributed by atoms with van der Waals surface area (Å²) in [4.78, 5) is 28.0. The number of carbonyl (C=O) groups excluding carboxylic acids is 2. The van der Waals surface area contributed by atoms with E-state index in [1.54, 1.807) is 19.1 Å². The second-order valence-electron chi connectivity index (χ2n) is 9.72. The quantitative estimate of drug-likeness (QED) is 0.344. The highest BCUT2D eigenvalue weighted by Gasteiger charge is 2.29. The molecule has 1 aliphatic rings. The first kappa shape index (κ1) is 35.7. The minimum absolute atomic E-state index is 0. The number of amides is 2. The number of ether oxygens (including phenoxy) is 1. The minimum atomic E-state index is -3.27. The van der Waals surface area contributed by atoms with E-state index in [1.165, 1.54) is 15.6 Å². The van der Waals surface area contributed by atoms with Gasteiger partial charge in [-0.05, 0) is 22.9 Å². The van der Waals surface area contributed by atoms with Crippen molar-refractivity contribution in [2.75, 3.05) is 77.7 Å². The zero-order chi connectivity index (χ0) is 27.9. The maximum absolute atomic E-state index is 13.4. The third-order valence-electron chi connectivity index (χ3n) is 6.52. The second kappa shape index (κ2) is 16.2. The molecule has 0 aliphatic carbocycles. The van der Waals surface area contributed by atoms with Gasteiger partial charge in [0, 0.05) is 52.4 Å². The van der Waals surface area contributed by atoms with Crippen LogP contribution >= 0.6 is 24.8 Å². The van der Waals surface area contributed by atoms with E-state index in [0.717, 1.165) is 10.8 Å². The van der Waals surface area contributed by atoms with Gasteiger partial charge in [-0.15, -0.1) is 24.8 Å². The summed E-state index contributed by atoms with van der Waals surface area (Å²) in [5, 5.41) is 11.5. The zero-order valence-corrected chi connectivity index (χ0v) is 26.2. The molecule has 1 saturated heterocycles. The van der Waals surface area contributed by atoms with Crippen molar-refractivity contribution < 1.29 is 22.7 Å². The minimum Gasteiger partial charge on any atom is -0.495 e. The Hall–Kier alpha value is -2.35. The van der Waals surface area contributed by atoms with E-state index in [0.29, 0.717) is 56.7 Å². The van der Waals surface area contributed by atoms with Gasteiger partial charge < -0.3 is 20.3 Å². The predicted octanol–water partition coefficient (Wildman–Crippen LogP) is 1.56. The van der Waals surface area contributed by atoms with Crippen molar-refractivity contribution in [3.05, 3.63) is 36.4 Å². The third-order valence-corrected chi connectivity index (χ3v) is 7.82. The molecule has 0 atom stereocenters. The molecule has 1 heterocycles. The number of benzene rings is 2. The number of piperazine rings is 1. The molecule has 11 nitrogen and oxygen atoms in total. The molecule has 14 heteroatoms. The van der Waals surface area contributed by atoms with Gasteiger partial charge in [0.1, 0.15) is 5.75 Å². The number of carbonyl (C=O) groups is 2. The molecule has 0 bridgehead atoms. The first-order valence-electron chi connectivity index (χ1n) is 12.8. The van der Waals surface area contributed by atoms with E-state index in [9.17, 15) is 18.0 Å². The van der Waals surface area contributed by atoms with E-state index in [4.69, 9.17) is 4.74 Å². The van der Waals surface area contributed by atoms with Crippen molar-refractivity contribution in [2.24, 2.45) is 0 Å². The highest BCUT2D eigenvalue weighted by Crippen LogP contribution is 2.33. The van der Waals surface area contributed by atoms with Gasteiger partial charge >= 0.3 is 0 Å². The second-order valence-corrected chi connectivity index (χ2v) is 11.7. The van der Waals surface area contributed by atoms with E-state index in [1.807, 2.05) is 55.3 Å². The molecule has 40 heavy (non-hydrogen) atoms. The number of hydrazine groups is 1. The van der Waals surface area contributed by atoms with Gasteiger partial charge in [0.15, 0.2) is 0 Å². The highest BCUT2D eigenvalue weighted by molar-refractivity contribution is 7.88. The normalized spacial score (nSPS) is 14.2. The molecular formula is C26H42Cl2N6O5S. The van der Waals surface area contributed by atoms with Crippen LogP contribution in [0.15, 0.2) is 36.4 Å². The molecule has 0 aromatic heterocycles. The lowest BCUT2D eigenvalue weighted by Gasteiger charge is -2.39. The summed E-state index contributed by atoms with van der Waals surface area (Å²) in [5.41, 5.74) is 0.644. The summed E-state index contributed by atoms with van der Waals surface area (Å²) < 4.78 is 30.8. The number of likely N-dealkylation sites (N-methyl/N-ethyl adjacent to an activating group) is 1. The average molecular weight is 622 g/mol. The molecule has 0 spiro atoms. The first-order chi connectivity index (χ1) is 18.0. The van der Waals surface area contributed by atoms with Crippen LogP contribution in [0.5, 0.6) is 5.75 Å². The summed E-state index contributed by atoms with van der Waals surface area (Å²) in [6.45, 7) is 6.53. The molecule has 2 N–H and O–H groups in total. The standard InChI is InChI=1S/C26H40N6O5S.2ClH/c1-20(2)27-10-11-28-25(33)18-30(23-16-21-8-6-7-9-22(21)17-24(23)37-4)19-26(34)29(3)31-12-14-32(15-13-31)38(5,35)36;;/h6-9,16-17,20,27H,10-15,18-19H2,1-5H3,(H,28,33);2*1H. The number of halogens is 2. The van der Waals surface area contributed by atoms with Crippen LogP contribution in [0.3, 0.4) is 0 Å². The van der Waals surface area contributed by atoms with Gasteiger partial charge in [-0.2, -0.15) is 4.31 Å². The summed E-state index contributed by atoms with van der Waals surface area (Å²) in [7, 11) is -0.0313. The molecule has 1 aliphatic heterocycles. The Labute approximate surface area is 250 Å². The van der Waals surface area contributed by atoms with Crippen molar-refractivity contribution >= 4 is 63.1 Å². The molecule has 0 radical (unpaired) electrons. The average Bonchev–Trinajstić information content (AvgIpc) is 2.89. The number of fused-ring (bicyclic) bond motifs is 1. The van der Waals surface area contributed by atoms with Crippen LogP contribution in [0.4, 0.5) is 5.69 Å². The van der Waals surface area contributed by atoms with Crippen molar-refractivity contribution in [1.82, 2.24) is 25.0 Å². The van der Waals surface area contributed by atoms with Gasteiger partial charge in [-0.25, -0.2) is 13.4 Å². The molecule has 1 fully saturated rings. The van der Waals surface area contributed by atoms with Gasteiger partial charge in [-0.1, -0.05) is 38.1 Å². The molecule has 3 rings (SSSR count). The first-order valence-corrected chi connectivity index (χ1v) is 14.6. The van der Waals surface area contributed by atoms with Crippen molar-refractivity contribution in [2.45, 2.75) is 19.9 Å². The van der Waals surface area contributed by atoms with Gasteiger partial charge in [-0.3, -0.25) is 14.6 Å². The monoisotopic (exact) mass is 620 g/mol. The number of hydrogen-bond acceptors (Lipinski definition) is 8. The van der Waals surface area contributed by atoms with Crippen LogP contribution in [0.1, 0.15) is 13.8 Å². The fourth-order valence-corrected chi connectivity index (χ4v) is 5.20. The SMILES string of the molecule is COc1cc2ccccc2cc1N(CC(=O)NCCNC(C)C)CC(=O)N(C)N1CCN(S(C)(=O)=O)CC1.Cl.Cl. The summed E-state index contributed by atoms with van der Waals surface area (Å²) in [6, 6.07) is 12.0. The molecule has 2 aromatic rings. The Bertz CT molecular complexity index is 1230. The van der Waals surface area contributed by atoms with Crippen LogP contribution in [0.2, 0.25) is 0 Å². The van der Waals surface area contributed by atoms with E-state index in [-0.39, 0.29) is 49.7 Å².